The van der Waals surface area contributed by atoms with Gasteiger partial charge < -0.3 is 10.1 Å². The maximum atomic E-state index is 12.9. The molecule has 0 aromatic heterocycles. The molecule has 0 saturated carbocycles. The lowest BCUT2D eigenvalue weighted by Gasteiger charge is -2.34. The number of nitrogens with one attached hydrogen (secondary N) is 1. The molecule has 0 aliphatic carbocycles. The van der Waals surface area contributed by atoms with E-state index in [1.165, 1.54) is 28.6 Å². The number of carbonyl (C=O) groups is 2. The molecule has 2 atom stereocenters. The van der Waals surface area contributed by atoms with Gasteiger partial charge in [0.1, 0.15) is 0 Å². The second-order valence-corrected chi connectivity index (χ2v) is 10.7. The second kappa shape index (κ2) is 10.0. The Morgan fingerprint density at radius 3 is 2.34 bits per heavy atom. The number of sulfonamides is 1. The van der Waals surface area contributed by atoms with Crippen molar-refractivity contribution in [1.82, 2.24) is 4.31 Å². The Morgan fingerprint density at radius 1 is 1.09 bits per heavy atom. The van der Waals surface area contributed by atoms with Crippen molar-refractivity contribution < 1.29 is 22.7 Å². The highest BCUT2D eigenvalue weighted by atomic mass is 35.5. The summed E-state index contributed by atoms with van der Waals surface area (Å²) in [6.07, 6.45) is 1.00. The van der Waals surface area contributed by atoms with Gasteiger partial charge in [0, 0.05) is 23.8 Å². The number of carbonyl (C=O) groups excluding carboxylic acids is 2. The van der Waals surface area contributed by atoms with Crippen LogP contribution in [0.2, 0.25) is 5.02 Å². The zero-order valence-electron chi connectivity index (χ0n) is 18.3. The van der Waals surface area contributed by atoms with E-state index in [1.54, 1.807) is 25.1 Å². The summed E-state index contributed by atoms with van der Waals surface area (Å²) in [6.45, 7) is 6.34. The van der Waals surface area contributed by atoms with E-state index in [0.717, 1.165) is 6.42 Å². The minimum Gasteiger partial charge on any atom is -0.452 e. The van der Waals surface area contributed by atoms with E-state index in [1.807, 2.05) is 13.8 Å². The van der Waals surface area contributed by atoms with E-state index in [-0.39, 0.29) is 10.5 Å². The minimum atomic E-state index is -3.63. The van der Waals surface area contributed by atoms with Crippen LogP contribution in [0.15, 0.2) is 47.4 Å². The molecular formula is C23H27ClN2O5S. The van der Waals surface area contributed by atoms with Gasteiger partial charge in [-0.25, -0.2) is 13.2 Å². The number of amides is 1. The number of hydrogen-bond donors (Lipinski definition) is 1. The predicted molar refractivity (Wildman–Crippen MR) is 123 cm³/mol. The third-order valence-corrected chi connectivity index (χ3v) is 7.69. The first kappa shape index (κ1) is 24.2. The quantitative estimate of drug-likeness (QED) is 0.630. The summed E-state index contributed by atoms with van der Waals surface area (Å²) in [5, 5.41) is 3.16. The number of hydrogen-bond acceptors (Lipinski definition) is 5. The highest BCUT2D eigenvalue weighted by Gasteiger charge is 2.31. The summed E-state index contributed by atoms with van der Waals surface area (Å²) in [7, 11) is -3.63. The molecule has 0 bridgehead atoms. The second-order valence-electron chi connectivity index (χ2n) is 8.33. The van der Waals surface area contributed by atoms with Gasteiger partial charge in [0.05, 0.1) is 10.5 Å². The molecule has 1 heterocycles. The average Bonchev–Trinajstić information content (AvgIpc) is 2.74. The molecule has 3 rings (SSSR count). The van der Waals surface area contributed by atoms with Crippen molar-refractivity contribution in [2.24, 2.45) is 11.8 Å². The Hall–Kier alpha value is -2.42. The van der Waals surface area contributed by atoms with E-state index in [9.17, 15) is 18.0 Å². The first-order valence-corrected chi connectivity index (χ1v) is 12.2. The molecule has 1 N–H and O–H groups in total. The maximum absolute atomic E-state index is 12.9. The van der Waals surface area contributed by atoms with Crippen LogP contribution in [0.25, 0.3) is 0 Å². The summed E-state index contributed by atoms with van der Waals surface area (Å²) in [4.78, 5) is 24.5. The molecule has 7 nitrogen and oxygen atoms in total. The van der Waals surface area contributed by atoms with E-state index in [4.69, 9.17) is 16.3 Å². The maximum Gasteiger partial charge on any atom is 0.338 e. The van der Waals surface area contributed by atoms with Crippen molar-refractivity contribution in [2.45, 2.75) is 32.1 Å². The van der Waals surface area contributed by atoms with Gasteiger partial charge in [-0.1, -0.05) is 31.5 Å². The third kappa shape index (κ3) is 5.68. The van der Waals surface area contributed by atoms with E-state index in [2.05, 4.69) is 5.32 Å². The van der Waals surface area contributed by atoms with Crippen LogP contribution in [0.3, 0.4) is 0 Å². The number of rotatable bonds is 6. The van der Waals surface area contributed by atoms with E-state index in [0.29, 0.717) is 41.2 Å². The first-order valence-electron chi connectivity index (χ1n) is 10.4. The fourth-order valence-corrected chi connectivity index (χ4v) is 5.71. The van der Waals surface area contributed by atoms with Crippen LogP contribution in [-0.2, 0) is 19.6 Å². The Kier molecular flexibility index (Phi) is 7.59. The van der Waals surface area contributed by atoms with E-state index < -0.39 is 28.5 Å². The van der Waals surface area contributed by atoms with Crippen molar-refractivity contribution in [3.8, 4) is 0 Å². The molecule has 1 amide bonds. The zero-order valence-corrected chi connectivity index (χ0v) is 19.9. The Labute approximate surface area is 193 Å². The molecule has 0 unspecified atom stereocenters. The molecule has 1 fully saturated rings. The zero-order chi connectivity index (χ0) is 23.5. The van der Waals surface area contributed by atoms with Gasteiger partial charge in [0.25, 0.3) is 5.91 Å². The van der Waals surface area contributed by atoms with Crippen molar-refractivity contribution in [2.75, 3.05) is 25.0 Å². The van der Waals surface area contributed by atoms with Gasteiger partial charge in [-0.15, -0.1) is 0 Å². The Morgan fingerprint density at radius 2 is 1.72 bits per heavy atom. The minimum absolute atomic E-state index is 0.129. The molecule has 1 saturated heterocycles. The smallest absolute Gasteiger partial charge is 0.338 e. The molecule has 0 spiro atoms. The summed E-state index contributed by atoms with van der Waals surface area (Å²) >= 11 is 6.03. The number of nitrogens with zero attached hydrogens (tertiary/aromatic N) is 1. The Bertz CT molecular complexity index is 1090. The molecule has 2 aromatic rings. The SMILES string of the molecule is Cc1c(Cl)cccc1NC(=O)COC(=O)c1ccc(S(=O)(=O)N2C[C@H](C)C[C@@H](C)C2)cc1. The first-order chi connectivity index (χ1) is 15.1. The molecule has 0 radical (unpaired) electrons. The Balaban J connectivity index is 1.60. The van der Waals surface area contributed by atoms with Crippen LogP contribution >= 0.6 is 11.6 Å². The summed E-state index contributed by atoms with van der Waals surface area (Å²) in [5.41, 5.74) is 1.41. The molecule has 172 valence electrons. The molecule has 32 heavy (non-hydrogen) atoms. The lowest BCUT2D eigenvalue weighted by Crippen LogP contribution is -2.42. The summed E-state index contributed by atoms with van der Waals surface area (Å²) < 4.78 is 32.5. The van der Waals surface area contributed by atoms with Crippen molar-refractivity contribution in [3.63, 3.8) is 0 Å². The molecule has 1 aliphatic rings. The molecular weight excluding hydrogens is 452 g/mol. The molecule has 2 aromatic carbocycles. The van der Waals surface area contributed by atoms with Crippen molar-refractivity contribution >= 4 is 39.2 Å². The topological polar surface area (TPSA) is 92.8 Å². The van der Waals surface area contributed by atoms with Crippen LogP contribution in [0.1, 0.15) is 36.2 Å². The number of benzene rings is 2. The lowest BCUT2D eigenvalue weighted by atomic mass is 9.94. The molecule has 1 aliphatic heterocycles. The van der Waals surface area contributed by atoms with Gasteiger partial charge in [-0.2, -0.15) is 4.31 Å². The van der Waals surface area contributed by atoms with Gasteiger partial charge in [-0.3, -0.25) is 4.79 Å². The van der Waals surface area contributed by atoms with Crippen LogP contribution in [0.4, 0.5) is 5.69 Å². The van der Waals surface area contributed by atoms with Crippen molar-refractivity contribution in [1.29, 1.82) is 0 Å². The van der Waals surface area contributed by atoms with Gasteiger partial charge in [-0.05, 0) is 67.1 Å². The van der Waals surface area contributed by atoms with Crippen LogP contribution < -0.4 is 5.32 Å². The summed E-state index contributed by atoms with van der Waals surface area (Å²) in [5.74, 6) is -0.627. The normalized spacial score (nSPS) is 19.4. The number of piperidine rings is 1. The monoisotopic (exact) mass is 478 g/mol. The highest BCUT2D eigenvalue weighted by Crippen LogP contribution is 2.27. The predicted octanol–water partition coefficient (Wildman–Crippen LogP) is 4.11. The standard InChI is InChI=1S/C23H27ClN2O5S/c1-15-11-16(2)13-26(12-15)32(29,30)19-9-7-18(8-10-19)23(28)31-14-22(27)25-21-6-4-5-20(24)17(21)3/h4-10,15-16H,11-14H2,1-3H3,(H,25,27)/t15-,16-/m1/s1. The van der Waals surface area contributed by atoms with E-state index >= 15 is 0 Å². The van der Waals surface area contributed by atoms with Crippen LogP contribution in [0, 0.1) is 18.8 Å². The number of anilines is 1. The lowest BCUT2D eigenvalue weighted by molar-refractivity contribution is -0.119. The van der Waals surface area contributed by atoms with Crippen LogP contribution in [-0.4, -0.2) is 44.3 Å². The third-order valence-electron chi connectivity index (χ3n) is 5.44. The van der Waals surface area contributed by atoms with Crippen molar-refractivity contribution in [3.05, 3.63) is 58.6 Å². The number of halogens is 1. The largest absolute Gasteiger partial charge is 0.452 e. The molecule has 9 heteroatoms. The van der Waals surface area contributed by atoms with Gasteiger partial charge in [0.15, 0.2) is 6.61 Å². The fraction of sp³-hybridized carbons (Fsp3) is 0.391. The van der Waals surface area contributed by atoms with Gasteiger partial charge in [0.2, 0.25) is 10.0 Å². The highest BCUT2D eigenvalue weighted by molar-refractivity contribution is 7.89. The number of esters is 1. The van der Waals surface area contributed by atoms with Gasteiger partial charge >= 0.3 is 5.97 Å². The van der Waals surface area contributed by atoms with Crippen LogP contribution in [0.5, 0.6) is 0 Å². The average molecular weight is 479 g/mol. The summed E-state index contributed by atoms with van der Waals surface area (Å²) in [6, 6.07) is 10.7. The number of ether oxygens (including phenoxy) is 1. The fourth-order valence-electron chi connectivity index (χ4n) is 3.86.